The molecular formula is C17H22FNO2. The van der Waals surface area contributed by atoms with Crippen LogP contribution in [0.4, 0.5) is 10.1 Å². The van der Waals surface area contributed by atoms with E-state index >= 15 is 0 Å². The SMILES string of the molecule is CC1CCCCC1N(C)c1ccc(F)cc1C=CC(=O)O. The lowest BCUT2D eigenvalue weighted by atomic mass is 9.84. The molecular weight excluding hydrogens is 269 g/mol. The predicted molar refractivity (Wildman–Crippen MR) is 82.9 cm³/mol. The molecule has 0 radical (unpaired) electrons. The number of carbonyl (C=O) groups is 1. The van der Waals surface area contributed by atoms with Crippen LogP contribution in [0, 0.1) is 11.7 Å². The van der Waals surface area contributed by atoms with Crippen molar-refractivity contribution in [1.29, 1.82) is 0 Å². The summed E-state index contributed by atoms with van der Waals surface area (Å²) in [5.74, 6) is -0.794. The van der Waals surface area contributed by atoms with Gasteiger partial charge in [-0.3, -0.25) is 0 Å². The van der Waals surface area contributed by atoms with Crippen molar-refractivity contribution in [3.8, 4) is 0 Å². The number of carboxylic acids is 1. The molecule has 0 bridgehead atoms. The monoisotopic (exact) mass is 291 g/mol. The van der Waals surface area contributed by atoms with Crippen molar-refractivity contribution in [2.75, 3.05) is 11.9 Å². The van der Waals surface area contributed by atoms with Crippen LogP contribution in [0.1, 0.15) is 38.2 Å². The Morgan fingerprint density at radius 1 is 1.38 bits per heavy atom. The molecule has 2 atom stereocenters. The first-order valence-electron chi connectivity index (χ1n) is 7.42. The van der Waals surface area contributed by atoms with Crippen LogP contribution in [-0.2, 0) is 4.79 Å². The molecule has 2 unspecified atom stereocenters. The molecule has 3 nitrogen and oxygen atoms in total. The van der Waals surface area contributed by atoms with Gasteiger partial charge >= 0.3 is 5.97 Å². The third-order valence-corrected chi connectivity index (χ3v) is 4.34. The average Bonchev–Trinajstić information content (AvgIpc) is 2.45. The summed E-state index contributed by atoms with van der Waals surface area (Å²) in [4.78, 5) is 12.9. The van der Waals surface area contributed by atoms with Crippen molar-refractivity contribution in [1.82, 2.24) is 0 Å². The van der Waals surface area contributed by atoms with Gasteiger partial charge in [-0.15, -0.1) is 0 Å². The molecule has 0 saturated heterocycles. The topological polar surface area (TPSA) is 40.5 Å². The molecule has 0 heterocycles. The standard InChI is InChI=1S/C17H22FNO2/c1-12-5-3-4-6-15(12)19(2)16-9-8-14(18)11-13(16)7-10-17(20)21/h7-12,15H,3-6H2,1-2H3,(H,20,21). The molecule has 0 amide bonds. The summed E-state index contributed by atoms with van der Waals surface area (Å²) in [6.07, 6.45) is 7.32. The van der Waals surface area contributed by atoms with Crippen molar-refractivity contribution in [3.05, 3.63) is 35.7 Å². The van der Waals surface area contributed by atoms with E-state index in [1.54, 1.807) is 6.07 Å². The summed E-state index contributed by atoms with van der Waals surface area (Å²) in [6.45, 7) is 2.25. The van der Waals surface area contributed by atoms with Crippen LogP contribution in [0.3, 0.4) is 0 Å². The number of halogens is 1. The minimum absolute atomic E-state index is 0.353. The van der Waals surface area contributed by atoms with E-state index in [0.29, 0.717) is 17.5 Å². The van der Waals surface area contributed by atoms with Gasteiger partial charge < -0.3 is 10.0 Å². The zero-order chi connectivity index (χ0) is 15.4. The number of benzene rings is 1. The van der Waals surface area contributed by atoms with Gasteiger partial charge in [0.15, 0.2) is 0 Å². The van der Waals surface area contributed by atoms with E-state index in [2.05, 4.69) is 11.8 Å². The molecule has 0 aromatic heterocycles. The number of hydrogen-bond donors (Lipinski definition) is 1. The van der Waals surface area contributed by atoms with Gasteiger partial charge in [0.1, 0.15) is 5.82 Å². The Hall–Kier alpha value is -1.84. The van der Waals surface area contributed by atoms with Crippen LogP contribution in [0.5, 0.6) is 0 Å². The van der Waals surface area contributed by atoms with Crippen LogP contribution in [-0.4, -0.2) is 24.2 Å². The predicted octanol–water partition coefficient (Wildman–Crippen LogP) is 3.94. The van der Waals surface area contributed by atoms with Crippen molar-refractivity contribution >= 4 is 17.7 Å². The summed E-state index contributed by atoms with van der Waals surface area (Å²) >= 11 is 0. The highest BCUT2D eigenvalue weighted by atomic mass is 19.1. The number of nitrogens with zero attached hydrogens (tertiary/aromatic N) is 1. The smallest absolute Gasteiger partial charge is 0.328 e. The average molecular weight is 291 g/mol. The van der Waals surface area contributed by atoms with Crippen LogP contribution in [0.2, 0.25) is 0 Å². The largest absolute Gasteiger partial charge is 0.478 e. The first-order valence-corrected chi connectivity index (χ1v) is 7.42. The summed E-state index contributed by atoms with van der Waals surface area (Å²) in [5.41, 5.74) is 1.49. The number of aliphatic carboxylic acids is 1. The number of hydrogen-bond acceptors (Lipinski definition) is 2. The van der Waals surface area contributed by atoms with E-state index < -0.39 is 5.97 Å². The van der Waals surface area contributed by atoms with Gasteiger partial charge in [0.2, 0.25) is 0 Å². The second kappa shape index (κ2) is 6.74. The van der Waals surface area contributed by atoms with Crippen LogP contribution in [0.25, 0.3) is 6.08 Å². The molecule has 2 rings (SSSR count). The molecule has 1 aromatic carbocycles. The van der Waals surface area contributed by atoms with E-state index in [1.165, 1.54) is 37.5 Å². The summed E-state index contributed by atoms with van der Waals surface area (Å²) < 4.78 is 13.5. The molecule has 1 aromatic rings. The molecule has 0 aliphatic heterocycles. The van der Waals surface area contributed by atoms with Crippen LogP contribution >= 0.6 is 0 Å². The maximum absolute atomic E-state index is 13.5. The molecule has 1 fully saturated rings. The minimum Gasteiger partial charge on any atom is -0.478 e. The molecule has 1 saturated carbocycles. The maximum atomic E-state index is 13.5. The highest BCUT2D eigenvalue weighted by molar-refractivity contribution is 5.87. The highest BCUT2D eigenvalue weighted by Crippen LogP contribution is 2.32. The Morgan fingerprint density at radius 3 is 2.76 bits per heavy atom. The van der Waals surface area contributed by atoms with Gasteiger partial charge in [-0.25, -0.2) is 9.18 Å². The van der Waals surface area contributed by atoms with Crippen molar-refractivity contribution in [2.45, 2.75) is 38.6 Å². The fourth-order valence-electron chi connectivity index (χ4n) is 3.19. The van der Waals surface area contributed by atoms with Crippen molar-refractivity contribution in [3.63, 3.8) is 0 Å². The van der Waals surface area contributed by atoms with Gasteiger partial charge in [0, 0.05) is 30.4 Å². The maximum Gasteiger partial charge on any atom is 0.328 e. The Labute approximate surface area is 125 Å². The quantitative estimate of drug-likeness (QED) is 0.854. The Morgan fingerprint density at radius 2 is 2.10 bits per heavy atom. The van der Waals surface area contributed by atoms with Gasteiger partial charge in [0.25, 0.3) is 0 Å². The molecule has 21 heavy (non-hydrogen) atoms. The van der Waals surface area contributed by atoms with E-state index in [-0.39, 0.29) is 5.82 Å². The third kappa shape index (κ3) is 3.84. The number of rotatable bonds is 4. The van der Waals surface area contributed by atoms with Crippen molar-refractivity contribution in [2.24, 2.45) is 5.92 Å². The Bertz CT molecular complexity index is 542. The Balaban J connectivity index is 2.31. The zero-order valence-electron chi connectivity index (χ0n) is 12.6. The summed E-state index contributed by atoms with van der Waals surface area (Å²) in [5, 5.41) is 8.77. The number of carboxylic acid groups (broad SMARTS) is 1. The van der Waals surface area contributed by atoms with Crippen LogP contribution < -0.4 is 4.90 Å². The van der Waals surface area contributed by atoms with E-state index in [4.69, 9.17) is 5.11 Å². The highest BCUT2D eigenvalue weighted by Gasteiger charge is 2.26. The second-order valence-corrected chi connectivity index (χ2v) is 5.81. The molecule has 1 aliphatic carbocycles. The van der Waals surface area contributed by atoms with E-state index in [0.717, 1.165) is 18.2 Å². The molecule has 1 aliphatic rings. The Kier molecular flexibility index (Phi) is 4.99. The summed E-state index contributed by atoms with van der Waals surface area (Å²) in [6, 6.07) is 4.97. The molecule has 4 heteroatoms. The lowest BCUT2D eigenvalue weighted by molar-refractivity contribution is -0.131. The minimum atomic E-state index is -1.03. The lowest BCUT2D eigenvalue weighted by Crippen LogP contribution is -2.39. The fourth-order valence-corrected chi connectivity index (χ4v) is 3.19. The molecule has 1 N–H and O–H groups in total. The van der Waals surface area contributed by atoms with E-state index in [1.807, 2.05) is 7.05 Å². The van der Waals surface area contributed by atoms with Gasteiger partial charge in [-0.1, -0.05) is 19.8 Å². The fraction of sp³-hybridized carbons (Fsp3) is 0.471. The normalized spacial score (nSPS) is 22.4. The molecule has 0 spiro atoms. The molecule has 114 valence electrons. The van der Waals surface area contributed by atoms with Gasteiger partial charge in [-0.05, 0) is 43.0 Å². The van der Waals surface area contributed by atoms with Crippen LogP contribution in [0.15, 0.2) is 24.3 Å². The lowest BCUT2D eigenvalue weighted by Gasteiger charge is -2.38. The second-order valence-electron chi connectivity index (χ2n) is 5.81. The van der Waals surface area contributed by atoms with Crippen molar-refractivity contribution < 1.29 is 14.3 Å². The first-order chi connectivity index (χ1) is 9.99. The number of anilines is 1. The van der Waals surface area contributed by atoms with Gasteiger partial charge in [-0.2, -0.15) is 0 Å². The zero-order valence-corrected chi connectivity index (χ0v) is 12.6. The summed E-state index contributed by atoms with van der Waals surface area (Å²) in [7, 11) is 2.01. The third-order valence-electron chi connectivity index (χ3n) is 4.34. The first kappa shape index (κ1) is 15.5. The van der Waals surface area contributed by atoms with E-state index in [9.17, 15) is 9.18 Å². The van der Waals surface area contributed by atoms with Gasteiger partial charge in [0.05, 0.1) is 0 Å².